The van der Waals surface area contributed by atoms with Crippen molar-refractivity contribution in [2.75, 3.05) is 18.5 Å². The molecule has 1 unspecified atom stereocenters. The van der Waals surface area contributed by atoms with Gasteiger partial charge in [-0.2, -0.15) is 0 Å². The number of halogens is 1. The van der Waals surface area contributed by atoms with Crippen LogP contribution in [-0.2, 0) is 0 Å². The van der Waals surface area contributed by atoms with Gasteiger partial charge in [0, 0.05) is 5.33 Å². The Morgan fingerprint density at radius 3 is 2.69 bits per heavy atom. The van der Waals surface area contributed by atoms with E-state index in [0.29, 0.717) is 19.1 Å². The summed E-state index contributed by atoms with van der Waals surface area (Å²) in [6.45, 7) is 3.53. The first-order valence-electron chi connectivity index (χ1n) is 5.80. The lowest BCUT2D eigenvalue weighted by Crippen LogP contribution is -2.15. The summed E-state index contributed by atoms with van der Waals surface area (Å²) in [5.41, 5.74) is 1.34. The summed E-state index contributed by atoms with van der Waals surface area (Å²) in [6.07, 6.45) is 2.40. The molecule has 0 fully saturated rings. The van der Waals surface area contributed by atoms with Gasteiger partial charge in [-0.25, -0.2) is 0 Å². The minimum Gasteiger partial charge on any atom is -0.486 e. The molecule has 0 spiro atoms. The SMILES string of the molecule is CCCC(CBr)c1ccc2c(c1)OCCO2. The Kier molecular flexibility index (Phi) is 4.10. The summed E-state index contributed by atoms with van der Waals surface area (Å²) < 4.78 is 11.1. The molecule has 0 radical (unpaired) electrons. The number of hydrogen-bond donors (Lipinski definition) is 0. The van der Waals surface area contributed by atoms with Gasteiger partial charge in [-0.15, -0.1) is 0 Å². The van der Waals surface area contributed by atoms with E-state index in [-0.39, 0.29) is 0 Å². The maximum atomic E-state index is 5.60. The second-order valence-corrected chi connectivity index (χ2v) is 4.69. The third-order valence-corrected chi connectivity index (χ3v) is 3.64. The van der Waals surface area contributed by atoms with Gasteiger partial charge in [0.15, 0.2) is 11.5 Å². The quantitative estimate of drug-likeness (QED) is 0.785. The van der Waals surface area contributed by atoms with Gasteiger partial charge >= 0.3 is 0 Å². The molecule has 0 aliphatic carbocycles. The molecular formula is C13H17BrO2. The van der Waals surface area contributed by atoms with Crippen molar-refractivity contribution in [2.24, 2.45) is 0 Å². The van der Waals surface area contributed by atoms with Crippen molar-refractivity contribution in [1.82, 2.24) is 0 Å². The Hall–Kier alpha value is -0.700. The number of benzene rings is 1. The zero-order valence-corrected chi connectivity index (χ0v) is 11.1. The molecule has 88 valence electrons. The molecule has 1 heterocycles. The van der Waals surface area contributed by atoms with Gasteiger partial charge in [0.25, 0.3) is 0 Å². The van der Waals surface area contributed by atoms with Crippen LogP contribution in [0.5, 0.6) is 11.5 Å². The molecule has 2 rings (SSSR count). The normalized spacial score (nSPS) is 15.9. The molecular weight excluding hydrogens is 268 g/mol. The van der Waals surface area contributed by atoms with E-state index >= 15 is 0 Å². The molecule has 1 aliphatic rings. The average molecular weight is 285 g/mol. The third kappa shape index (κ3) is 2.51. The average Bonchev–Trinajstić information content (AvgIpc) is 2.35. The van der Waals surface area contributed by atoms with Crippen LogP contribution < -0.4 is 9.47 Å². The van der Waals surface area contributed by atoms with Crippen LogP contribution in [0.3, 0.4) is 0 Å². The van der Waals surface area contributed by atoms with E-state index in [0.717, 1.165) is 16.8 Å². The monoisotopic (exact) mass is 284 g/mol. The van der Waals surface area contributed by atoms with Crippen LogP contribution in [0.4, 0.5) is 0 Å². The Bertz CT molecular complexity index is 352. The molecule has 0 aromatic heterocycles. The highest BCUT2D eigenvalue weighted by Crippen LogP contribution is 2.34. The molecule has 1 aliphatic heterocycles. The minimum absolute atomic E-state index is 0.570. The molecule has 1 aromatic rings. The first-order valence-corrected chi connectivity index (χ1v) is 6.92. The van der Waals surface area contributed by atoms with Crippen LogP contribution in [0.2, 0.25) is 0 Å². The van der Waals surface area contributed by atoms with Gasteiger partial charge in [0.05, 0.1) is 0 Å². The smallest absolute Gasteiger partial charge is 0.161 e. The maximum Gasteiger partial charge on any atom is 0.161 e. The van der Waals surface area contributed by atoms with E-state index in [1.807, 2.05) is 6.07 Å². The summed E-state index contributed by atoms with van der Waals surface area (Å²) in [5, 5.41) is 1.00. The molecule has 1 aromatic carbocycles. The summed E-state index contributed by atoms with van der Waals surface area (Å²) in [7, 11) is 0. The second-order valence-electron chi connectivity index (χ2n) is 4.04. The van der Waals surface area contributed by atoms with E-state index in [1.54, 1.807) is 0 Å². The van der Waals surface area contributed by atoms with Crippen LogP contribution in [0.25, 0.3) is 0 Å². The molecule has 0 saturated carbocycles. The van der Waals surface area contributed by atoms with E-state index in [4.69, 9.17) is 9.47 Å². The summed E-state index contributed by atoms with van der Waals surface area (Å²) >= 11 is 3.58. The first kappa shape index (κ1) is 11.8. The third-order valence-electron chi connectivity index (χ3n) is 2.86. The Labute approximate surface area is 105 Å². The van der Waals surface area contributed by atoms with Crippen LogP contribution >= 0.6 is 15.9 Å². The lowest BCUT2D eigenvalue weighted by molar-refractivity contribution is 0.171. The largest absolute Gasteiger partial charge is 0.486 e. The van der Waals surface area contributed by atoms with Crippen LogP contribution in [0.15, 0.2) is 18.2 Å². The van der Waals surface area contributed by atoms with Gasteiger partial charge < -0.3 is 9.47 Å². The highest BCUT2D eigenvalue weighted by Gasteiger charge is 2.15. The zero-order valence-electron chi connectivity index (χ0n) is 9.54. The Morgan fingerprint density at radius 1 is 1.25 bits per heavy atom. The Morgan fingerprint density at radius 2 is 2.00 bits per heavy atom. The van der Waals surface area contributed by atoms with Crippen molar-refractivity contribution >= 4 is 15.9 Å². The highest BCUT2D eigenvalue weighted by atomic mass is 79.9. The number of alkyl halides is 1. The molecule has 0 amide bonds. The van der Waals surface area contributed by atoms with Crippen LogP contribution in [0.1, 0.15) is 31.2 Å². The van der Waals surface area contributed by atoms with E-state index in [2.05, 4.69) is 35.0 Å². The van der Waals surface area contributed by atoms with Crippen molar-refractivity contribution in [3.8, 4) is 11.5 Å². The second kappa shape index (κ2) is 5.58. The zero-order chi connectivity index (χ0) is 11.4. The first-order chi connectivity index (χ1) is 7.85. The van der Waals surface area contributed by atoms with Crippen molar-refractivity contribution in [2.45, 2.75) is 25.7 Å². The summed E-state index contributed by atoms with van der Waals surface area (Å²) in [6, 6.07) is 6.29. The van der Waals surface area contributed by atoms with Crippen LogP contribution in [0, 0.1) is 0 Å². The number of fused-ring (bicyclic) bond motifs is 1. The molecule has 2 nitrogen and oxygen atoms in total. The van der Waals surface area contributed by atoms with Gasteiger partial charge in [0.1, 0.15) is 13.2 Å². The highest BCUT2D eigenvalue weighted by molar-refractivity contribution is 9.09. The van der Waals surface area contributed by atoms with Crippen molar-refractivity contribution in [3.05, 3.63) is 23.8 Å². The molecule has 0 saturated heterocycles. The minimum atomic E-state index is 0.570. The van der Waals surface area contributed by atoms with Gasteiger partial charge in [-0.1, -0.05) is 35.3 Å². The molecule has 1 atom stereocenters. The summed E-state index contributed by atoms with van der Waals surface area (Å²) in [4.78, 5) is 0. The molecule has 0 bridgehead atoms. The fourth-order valence-corrected chi connectivity index (χ4v) is 2.69. The predicted octanol–water partition coefficient (Wildman–Crippen LogP) is 3.74. The van der Waals surface area contributed by atoms with Crippen molar-refractivity contribution < 1.29 is 9.47 Å². The number of ether oxygens (including phenoxy) is 2. The van der Waals surface area contributed by atoms with Crippen molar-refractivity contribution in [1.29, 1.82) is 0 Å². The topological polar surface area (TPSA) is 18.5 Å². The maximum absolute atomic E-state index is 5.60. The van der Waals surface area contributed by atoms with Gasteiger partial charge in [-0.3, -0.25) is 0 Å². The summed E-state index contributed by atoms with van der Waals surface area (Å²) in [5.74, 6) is 2.34. The van der Waals surface area contributed by atoms with E-state index in [9.17, 15) is 0 Å². The van der Waals surface area contributed by atoms with E-state index < -0.39 is 0 Å². The standard InChI is InChI=1S/C13H17BrO2/c1-2-3-11(9-14)10-4-5-12-13(8-10)16-7-6-15-12/h4-5,8,11H,2-3,6-7,9H2,1H3. The molecule has 3 heteroatoms. The van der Waals surface area contributed by atoms with Gasteiger partial charge in [0.2, 0.25) is 0 Å². The van der Waals surface area contributed by atoms with Crippen molar-refractivity contribution in [3.63, 3.8) is 0 Å². The number of hydrogen-bond acceptors (Lipinski definition) is 2. The molecule has 16 heavy (non-hydrogen) atoms. The molecule has 0 N–H and O–H groups in total. The predicted molar refractivity (Wildman–Crippen MR) is 68.9 cm³/mol. The van der Waals surface area contributed by atoms with E-state index in [1.165, 1.54) is 18.4 Å². The fraction of sp³-hybridized carbons (Fsp3) is 0.538. The Balaban J connectivity index is 2.21. The van der Waals surface area contributed by atoms with Crippen LogP contribution in [-0.4, -0.2) is 18.5 Å². The lowest BCUT2D eigenvalue weighted by Gasteiger charge is -2.21. The fourth-order valence-electron chi connectivity index (χ4n) is 2.00. The van der Waals surface area contributed by atoms with Gasteiger partial charge in [-0.05, 0) is 30.0 Å². The number of rotatable bonds is 4. The lowest BCUT2D eigenvalue weighted by atomic mass is 9.96.